The first-order valence-electron chi connectivity index (χ1n) is 4.83. The number of nitrogens with two attached hydrogens (primary N) is 1. The Kier molecular flexibility index (Phi) is 2.92. The van der Waals surface area contributed by atoms with Crippen LogP contribution >= 0.6 is 0 Å². The summed E-state index contributed by atoms with van der Waals surface area (Å²) in [7, 11) is 1.39. The SMILES string of the molecule is CNC(=O)c1noc(-c2cc(F)c(F)cc2N)n1. The number of amides is 1. The fraction of sp³-hybridized carbons (Fsp3) is 0.100. The number of hydrogen-bond donors (Lipinski definition) is 2. The maximum absolute atomic E-state index is 13.1. The van der Waals surface area contributed by atoms with Crippen molar-refractivity contribution in [3.8, 4) is 11.5 Å². The summed E-state index contributed by atoms with van der Waals surface area (Å²) in [5.74, 6) is -3.13. The number of halogens is 2. The number of benzene rings is 1. The number of anilines is 1. The smallest absolute Gasteiger partial charge is 0.292 e. The lowest BCUT2D eigenvalue weighted by Crippen LogP contribution is -2.19. The molecule has 1 heterocycles. The molecule has 6 nitrogen and oxygen atoms in total. The Balaban J connectivity index is 2.46. The largest absolute Gasteiger partial charge is 0.398 e. The maximum Gasteiger partial charge on any atom is 0.292 e. The zero-order chi connectivity index (χ0) is 13.3. The summed E-state index contributed by atoms with van der Waals surface area (Å²) >= 11 is 0. The number of hydrogen-bond acceptors (Lipinski definition) is 5. The Morgan fingerprint density at radius 2 is 2.06 bits per heavy atom. The molecule has 1 aromatic carbocycles. The molecule has 0 unspecified atom stereocenters. The van der Waals surface area contributed by atoms with Gasteiger partial charge in [-0.15, -0.1) is 0 Å². The van der Waals surface area contributed by atoms with E-state index in [4.69, 9.17) is 10.3 Å². The average Bonchev–Trinajstić information content (AvgIpc) is 2.82. The summed E-state index contributed by atoms with van der Waals surface area (Å²) in [6.07, 6.45) is 0. The van der Waals surface area contributed by atoms with E-state index in [0.717, 1.165) is 12.1 Å². The molecule has 3 N–H and O–H groups in total. The van der Waals surface area contributed by atoms with E-state index in [0.29, 0.717) is 0 Å². The molecule has 1 amide bonds. The number of carbonyl (C=O) groups excluding carboxylic acids is 1. The van der Waals surface area contributed by atoms with Crippen molar-refractivity contribution in [3.05, 3.63) is 29.6 Å². The van der Waals surface area contributed by atoms with Gasteiger partial charge in [0, 0.05) is 18.8 Å². The Hall–Kier alpha value is -2.51. The van der Waals surface area contributed by atoms with Crippen LogP contribution in [0.4, 0.5) is 14.5 Å². The Morgan fingerprint density at radius 3 is 2.72 bits per heavy atom. The van der Waals surface area contributed by atoms with Crippen LogP contribution in [0, 0.1) is 11.6 Å². The molecule has 18 heavy (non-hydrogen) atoms. The highest BCUT2D eigenvalue weighted by atomic mass is 19.2. The van der Waals surface area contributed by atoms with Gasteiger partial charge in [0.1, 0.15) is 0 Å². The minimum Gasteiger partial charge on any atom is -0.398 e. The number of carbonyl (C=O) groups is 1. The summed E-state index contributed by atoms with van der Waals surface area (Å²) < 4.78 is 30.7. The van der Waals surface area contributed by atoms with Gasteiger partial charge >= 0.3 is 0 Å². The van der Waals surface area contributed by atoms with Gasteiger partial charge in [-0.05, 0) is 6.07 Å². The highest BCUT2D eigenvalue weighted by Crippen LogP contribution is 2.26. The summed E-state index contributed by atoms with van der Waals surface area (Å²) in [4.78, 5) is 14.9. The van der Waals surface area contributed by atoms with Gasteiger partial charge in [-0.1, -0.05) is 5.16 Å². The standard InChI is InChI=1S/C10H8F2N4O2/c1-14-9(17)8-15-10(18-16-8)4-2-5(11)6(12)3-7(4)13/h2-3H,13H2,1H3,(H,14,17). The minimum absolute atomic E-state index is 0.0246. The fourth-order valence-corrected chi connectivity index (χ4v) is 1.28. The molecule has 2 rings (SSSR count). The number of nitrogens with one attached hydrogen (secondary N) is 1. The average molecular weight is 254 g/mol. The Morgan fingerprint density at radius 1 is 1.39 bits per heavy atom. The third-order valence-electron chi connectivity index (χ3n) is 2.18. The van der Waals surface area contributed by atoms with Crippen LogP contribution in [0.2, 0.25) is 0 Å². The topological polar surface area (TPSA) is 94.0 Å². The van der Waals surface area contributed by atoms with E-state index in [1.807, 2.05) is 0 Å². The molecule has 0 radical (unpaired) electrons. The van der Waals surface area contributed by atoms with E-state index >= 15 is 0 Å². The molecule has 0 aliphatic heterocycles. The van der Waals surface area contributed by atoms with Crippen molar-refractivity contribution in [2.75, 3.05) is 12.8 Å². The zero-order valence-corrected chi connectivity index (χ0v) is 9.20. The van der Waals surface area contributed by atoms with Crippen molar-refractivity contribution in [1.82, 2.24) is 15.5 Å². The first kappa shape index (κ1) is 12.0. The monoisotopic (exact) mass is 254 g/mol. The summed E-state index contributed by atoms with van der Waals surface area (Å²) in [5.41, 5.74) is 5.46. The summed E-state index contributed by atoms with van der Waals surface area (Å²) in [6, 6.07) is 1.63. The van der Waals surface area contributed by atoms with Gasteiger partial charge in [-0.3, -0.25) is 4.79 Å². The number of nitrogen functional groups attached to an aromatic ring is 1. The molecule has 0 saturated heterocycles. The van der Waals surface area contributed by atoms with Crippen molar-refractivity contribution in [2.45, 2.75) is 0 Å². The van der Waals surface area contributed by atoms with Crippen molar-refractivity contribution in [3.63, 3.8) is 0 Å². The van der Waals surface area contributed by atoms with E-state index in [1.54, 1.807) is 0 Å². The van der Waals surface area contributed by atoms with Crippen LogP contribution in [0.1, 0.15) is 10.6 Å². The second-order valence-corrected chi connectivity index (χ2v) is 3.36. The second kappa shape index (κ2) is 4.40. The highest BCUT2D eigenvalue weighted by molar-refractivity contribution is 5.90. The van der Waals surface area contributed by atoms with Gasteiger partial charge in [-0.25, -0.2) is 8.78 Å². The third-order valence-corrected chi connectivity index (χ3v) is 2.18. The molecule has 0 atom stereocenters. The lowest BCUT2D eigenvalue weighted by atomic mass is 10.1. The Bertz CT molecular complexity index is 612. The van der Waals surface area contributed by atoms with Crippen molar-refractivity contribution >= 4 is 11.6 Å². The molecule has 0 saturated carbocycles. The normalized spacial score (nSPS) is 10.4. The Labute approximate surface area is 99.8 Å². The van der Waals surface area contributed by atoms with E-state index in [9.17, 15) is 13.6 Å². The van der Waals surface area contributed by atoms with Gasteiger partial charge < -0.3 is 15.6 Å². The highest BCUT2D eigenvalue weighted by Gasteiger charge is 2.18. The van der Waals surface area contributed by atoms with Gasteiger partial charge in [-0.2, -0.15) is 4.98 Å². The molecule has 94 valence electrons. The second-order valence-electron chi connectivity index (χ2n) is 3.36. The van der Waals surface area contributed by atoms with Crippen molar-refractivity contribution in [2.24, 2.45) is 0 Å². The van der Waals surface area contributed by atoms with Crippen LogP contribution < -0.4 is 11.1 Å². The molecule has 0 spiro atoms. The fourth-order valence-electron chi connectivity index (χ4n) is 1.28. The number of rotatable bonds is 2. The van der Waals surface area contributed by atoms with Crippen LogP contribution in [0.15, 0.2) is 16.7 Å². The number of nitrogens with zero attached hydrogens (tertiary/aromatic N) is 2. The lowest BCUT2D eigenvalue weighted by molar-refractivity contribution is 0.0950. The molecule has 0 aliphatic carbocycles. The van der Waals surface area contributed by atoms with E-state index in [1.165, 1.54) is 7.05 Å². The number of aromatic nitrogens is 2. The molecule has 0 bridgehead atoms. The van der Waals surface area contributed by atoms with E-state index in [2.05, 4.69) is 15.5 Å². The predicted octanol–water partition coefficient (Wildman–Crippen LogP) is 0.957. The van der Waals surface area contributed by atoms with Crippen LogP contribution in [0.3, 0.4) is 0 Å². The molecule has 8 heteroatoms. The van der Waals surface area contributed by atoms with E-state index < -0.39 is 17.5 Å². The predicted molar refractivity (Wildman–Crippen MR) is 57.5 cm³/mol. The quantitative estimate of drug-likeness (QED) is 0.778. The zero-order valence-electron chi connectivity index (χ0n) is 9.20. The molecule has 0 fully saturated rings. The third kappa shape index (κ3) is 1.99. The van der Waals surface area contributed by atoms with Crippen LogP contribution in [0.25, 0.3) is 11.5 Å². The van der Waals surface area contributed by atoms with Gasteiger partial charge in [0.15, 0.2) is 11.6 Å². The first-order chi connectivity index (χ1) is 8.52. The van der Waals surface area contributed by atoms with Gasteiger partial charge in [0.05, 0.1) is 5.56 Å². The van der Waals surface area contributed by atoms with Crippen LogP contribution in [-0.2, 0) is 0 Å². The van der Waals surface area contributed by atoms with Crippen molar-refractivity contribution in [1.29, 1.82) is 0 Å². The maximum atomic E-state index is 13.1. The molecular weight excluding hydrogens is 246 g/mol. The first-order valence-corrected chi connectivity index (χ1v) is 4.83. The van der Waals surface area contributed by atoms with Crippen LogP contribution in [0.5, 0.6) is 0 Å². The lowest BCUT2D eigenvalue weighted by Gasteiger charge is -2.01. The molecule has 0 aliphatic rings. The minimum atomic E-state index is -1.10. The van der Waals surface area contributed by atoms with E-state index in [-0.39, 0.29) is 23.0 Å². The van der Waals surface area contributed by atoms with Crippen molar-refractivity contribution < 1.29 is 18.1 Å². The van der Waals surface area contributed by atoms with Crippen LogP contribution in [-0.4, -0.2) is 23.1 Å². The summed E-state index contributed by atoms with van der Waals surface area (Å²) in [5, 5.41) is 5.68. The van der Waals surface area contributed by atoms with Gasteiger partial charge in [0.2, 0.25) is 0 Å². The molecule has 1 aromatic heterocycles. The molecular formula is C10H8F2N4O2. The summed E-state index contributed by atoms with van der Waals surface area (Å²) in [6.45, 7) is 0. The van der Waals surface area contributed by atoms with Gasteiger partial charge in [0.25, 0.3) is 17.6 Å². The molecule has 2 aromatic rings.